The lowest BCUT2D eigenvalue weighted by molar-refractivity contribution is -0.159. The maximum atomic E-state index is 9.10. The SMILES string of the molecule is CCOc1cccc(OCCCNC(C)C)c1.O=C(O)C(=O)O. The fourth-order valence-corrected chi connectivity index (χ4v) is 1.47. The summed E-state index contributed by atoms with van der Waals surface area (Å²) in [5.41, 5.74) is 0. The highest BCUT2D eigenvalue weighted by Crippen LogP contribution is 2.19. The molecule has 0 saturated carbocycles. The van der Waals surface area contributed by atoms with Crippen molar-refractivity contribution >= 4 is 11.9 Å². The summed E-state index contributed by atoms with van der Waals surface area (Å²) >= 11 is 0. The summed E-state index contributed by atoms with van der Waals surface area (Å²) < 4.78 is 11.1. The highest BCUT2D eigenvalue weighted by molar-refractivity contribution is 6.27. The number of rotatable bonds is 8. The van der Waals surface area contributed by atoms with E-state index in [0.29, 0.717) is 12.6 Å². The van der Waals surface area contributed by atoms with Crippen molar-refractivity contribution in [2.45, 2.75) is 33.2 Å². The second kappa shape index (κ2) is 12.3. The number of aliphatic carboxylic acids is 2. The number of carboxylic acid groups (broad SMARTS) is 2. The van der Waals surface area contributed by atoms with Gasteiger partial charge in [-0.1, -0.05) is 19.9 Å². The fraction of sp³-hybridized carbons (Fsp3) is 0.500. The third-order valence-electron chi connectivity index (χ3n) is 2.44. The quantitative estimate of drug-likeness (QED) is 0.495. The minimum atomic E-state index is -1.82. The van der Waals surface area contributed by atoms with E-state index in [1.807, 2.05) is 31.2 Å². The zero-order valence-electron chi connectivity index (χ0n) is 13.7. The first-order valence-electron chi connectivity index (χ1n) is 7.42. The molecule has 0 spiro atoms. The third-order valence-corrected chi connectivity index (χ3v) is 2.44. The minimum absolute atomic E-state index is 0.538. The molecule has 0 unspecified atom stereocenters. The number of hydrogen-bond acceptors (Lipinski definition) is 5. The van der Waals surface area contributed by atoms with Gasteiger partial charge in [-0.05, 0) is 32.0 Å². The van der Waals surface area contributed by atoms with Crippen LogP contribution in [-0.2, 0) is 9.59 Å². The first kappa shape index (κ1) is 20.7. The Morgan fingerprint density at radius 2 is 1.70 bits per heavy atom. The van der Waals surface area contributed by atoms with Gasteiger partial charge in [0.1, 0.15) is 11.5 Å². The second-order valence-electron chi connectivity index (χ2n) is 4.83. The molecule has 0 radical (unpaired) electrons. The standard InChI is InChI=1S/C14H23NO2.C2H2O4/c1-4-16-13-7-5-8-14(11-13)17-10-6-9-15-12(2)3;3-1(4)2(5)6/h5,7-8,11-12,15H,4,6,9-10H2,1-3H3;(H,3,4)(H,5,6). The van der Waals surface area contributed by atoms with Gasteiger partial charge in [-0.3, -0.25) is 0 Å². The molecule has 0 heterocycles. The van der Waals surface area contributed by atoms with Crippen LogP contribution in [0.1, 0.15) is 27.2 Å². The van der Waals surface area contributed by atoms with E-state index in [1.54, 1.807) is 0 Å². The molecule has 1 rings (SSSR count). The van der Waals surface area contributed by atoms with E-state index in [4.69, 9.17) is 29.3 Å². The summed E-state index contributed by atoms with van der Waals surface area (Å²) in [7, 11) is 0. The Morgan fingerprint density at radius 1 is 1.13 bits per heavy atom. The summed E-state index contributed by atoms with van der Waals surface area (Å²) in [6.45, 7) is 8.67. The predicted octanol–water partition coefficient (Wildman–Crippen LogP) is 2.01. The van der Waals surface area contributed by atoms with Crippen LogP contribution in [-0.4, -0.2) is 48.0 Å². The molecule has 130 valence electrons. The number of nitrogens with one attached hydrogen (secondary N) is 1. The molecule has 23 heavy (non-hydrogen) atoms. The van der Waals surface area contributed by atoms with E-state index in [1.165, 1.54) is 0 Å². The molecule has 7 nitrogen and oxygen atoms in total. The van der Waals surface area contributed by atoms with Crippen molar-refractivity contribution in [1.82, 2.24) is 5.32 Å². The van der Waals surface area contributed by atoms with Gasteiger partial charge < -0.3 is 25.0 Å². The van der Waals surface area contributed by atoms with Crippen LogP contribution in [0, 0.1) is 0 Å². The molecule has 0 bridgehead atoms. The van der Waals surface area contributed by atoms with E-state index in [-0.39, 0.29) is 0 Å². The Labute approximate surface area is 136 Å². The smallest absolute Gasteiger partial charge is 0.414 e. The zero-order chi connectivity index (χ0) is 17.7. The Morgan fingerprint density at radius 3 is 2.17 bits per heavy atom. The second-order valence-corrected chi connectivity index (χ2v) is 4.83. The van der Waals surface area contributed by atoms with E-state index >= 15 is 0 Å². The van der Waals surface area contributed by atoms with Crippen LogP contribution in [0.3, 0.4) is 0 Å². The van der Waals surface area contributed by atoms with Crippen LogP contribution in [0.2, 0.25) is 0 Å². The van der Waals surface area contributed by atoms with Gasteiger partial charge in [0.2, 0.25) is 0 Å². The van der Waals surface area contributed by atoms with Gasteiger partial charge in [-0.25, -0.2) is 9.59 Å². The van der Waals surface area contributed by atoms with Gasteiger partial charge >= 0.3 is 11.9 Å². The van der Waals surface area contributed by atoms with Gasteiger partial charge in [0.05, 0.1) is 13.2 Å². The molecule has 0 aliphatic rings. The Hall–Kier alpha value is -2.28. The lowest BCUT2D eigenvalue weighted by Crippen LogP contribution is -2.24. The summed E-state index contributed by atoms with van der Waals surface area (Å²) in [5.74, 6) is -1.91. The van der Waals surface area contributed by atoms with Crippen LogP contribution in [0.4, 0.5) is 0 Å². The average molecular weight is 327 g/mol. The molecule has 0 fully saturated rings. The van der Waals surface area contributed by atoms with E-state index in [2.05, 4.69) is 19.2 Å². The van der Waals surface area contributed by atoms with Crippen molar-refractivity contribution in [2.24, 2.45) is 0 Å². The van der Waals surface area contributed by atoms with Crippen molar-refractivity contribution in [3.05, 3.63) is 24.3 Å². The van der Waals surface area contributed by atoms with Gasteiger partial charge in [0, 0.05) is 12.1 Å². The first-order chi connectivity index (χ1) is 10.9. The summed E-state index contributed by atoms with van der Waals surface area (Å²) in [4.78, 5) is 18.2. The van der Waals surface area contributed by atoms with E-state index in [9.17, 15) is 0 Å². The summed E-state index contributed by atoms with van der Waals surface area (Å²) in [6.07, 6.45) is 1.01. The summed E-state index contributed by atoms with van der Waals surface area (Å²) in [6, 6.07) is 8.32. The van der Waals surface area contributed by atoms with Gasteiger partial charge in [0.25, 0.3) is 0 Å². The van der Waals surface area contributed by atoms with Crippen LogP contribution in [0.5, 0.6) is 11.5 Å². The number of hydrogen-bond donors (Lipinski definition) is 3. The number of benzene rings is 1. The average Bonchev–Trinajstić information content (AvgIpc) is 2.48. The van der Waals surface area contributed by atoms with Crippen LogP contribution < -0.4 is 14.8 Å². The number of carbonyl (C=O) groups is 2. The van der Waals surface area contributed by atoms with Gasteiger partial charge in [0.15, 0.2) is 0 Å². The van der Waals surface area contributed by atoms with Crippen molar-refractivity contribution in [3.8, 4) is 11.5 Å². The van der Waals surface area contributed by atoms with Crippen molar-refractivity contribution in [3.63, 3.8) is 0 Å². The Bertz CT molecular complexity index is 463. The molecule has 0 saturated heterocycles. The Balaban J connectivity index is 0.000000688. The highest BCUT2D eigenvalue weighted by atomic mass is 16.5. The number of carboxylic acids is 2. The molecule has 0 aliphatic heterocycles. The molecule has 0 aliphatic carbocycles. The topological polar surface area (TPSA) is 105 Å². The van der Waals surface area contributed by atoms with Crippen LogP contribution >= 0.6 is 0 Å². The van der Waals surface area contributed by atoms with Crippen molar-refractivity contribution in [2.75, 3.05) is 19.8 Å². The molecular formula is C16H25NO6. The molecule has 0 atom stereocenters. The normalized spacial score (nSPS) is 9.74. The fourth-order valence-electron chi connectivity index (χ4n) is 1.47. The molecule has 0 aromatic heterocycles. The lowest BCUT2D eigenvalue weighted by atomic mass is 10.3. The van der Waals surface area contributed by atoms with Crippen LogP contribution in [0.25, 0.3) is 0 Å². The molecule has 7 heteroatoms. The van der Waals surface area contributed by atoms with Crippen molar-refractivity contribution in [1.29, 1.82) is 0 Å². The van der Waals surface area contributed by atoms with E-state index < -0.39 is 11.9 Å². The van der Waals surface area contributed by atoms with Gasteiger partial charge in [-0.2, -0.15) is 0 Å². The van der Waals surface area contributed by atoms with E-state index in [0.717, 1.165) is 31.1 Å². The van der Waals surface area contributed by atoms with Gasteiger partial charge in [-0.15, -0.1) is 0 Å². The third kappa shape index (κ3) is 12.0. The summed E-state index contributed by atoms with van der Waals surface area (Å²) in [5, 5.41) is 18.1. The maximum absolute atomic E-state index is 9.10. The zero-order valence-corrected chi connectivity index (χ0v) is 13.7. The highest BCUT2D eigenvalue weighted by Gasteiger charge is 2.04. The minimum Gasteiger partial charge on any atom is -0.494 e. The molecule has 0 amide bonds. The molecule has 3 N–H and O–H groups in total. The number of ether oxygens (including phenoxy) is 2. The van der Waals surface area contributed by atoms with Crippen LogP contribution in [0.15, 0.2) is 24.3 Å². The molecule has 1 aromatic rings. The Kier molecular flexibility index (Phi) is 11.1. The lowest BCUT2D eigenvalue weighted by Gasteiger charge is -2.10. The monoisotopic (exact) mass is 327 g/mol. The largest absolute Gasteiger partial charge is 0.494 e. The molecular weight excluding hydrogens is 302 g/mol. The first-order valence-corrected chi connectivity index (χ1v) is 7.42. The predicted molar refractivity (Wildman–Crippen MR) is 86.1 cm³/mol. The maximum Gasteiger partial charge on any atom is 0.414 e. The van der Waals surface area contributed by atoms with Crippen molar-refractivity contribution < 1.29 is 29.3 Å². The molecule has 1 aromatic carbocycles.